The van der Waals surface area contributed by atoms with E-state index in [0.29, 0.717) is 5.84 Å². The Labute approximate surface area is 145 Å². The van der Waals surface area contributed by atoms with E-state index in [1.54, 1.807) is 19.5 Å². The van der Waals surface area contributed by atoms with Gasteiger partial charge in [0.25, 0.3) is 0 Å². The fourth-order valence-corrected chi connectivity index (χ4v) is 3.08. The van der Waals surface area contributed by atoms with Crippen LogP contribution in [0.15, 0.2) is 58.9 Å². The van der Waals surface area contributed by atoms with E-state index in [-0.39, 0.29) is 0 Å². The van der Waals surface area contributed by atoms with Crippen LogP contribution < -0.4 is 11.5 Å². The molecular weight excluding hydrogens is 312 g/mol. The van der Waals surface area contributed by atoms with Crippen molar-refractivity contribution in [2.75, 3.05) is 7.05 Å². The van der Waals surface area contributed by atoms with E-state index in [0.717, 1.165) is 45.7 Å². The molecule has 1 aromatic carbocycles. The molecule has 6 nitrogen and oxygen atoms in total. The second kappa shape index (κ2) is 5.90. The molecule has 3 heterocycles. The van der Waals surface area contributed by atoms with Gasteiger partial charge in [0.05, 0.1) is 17.6 Å². The fraction of sp³-hybridized carbons (Fsp3) is 0.105. The summed E-state index contributed by atoms with van der Waals surface area (Å²) in [7, 11) is 1.72. The molecule has 0 spiro atoms. The Balaban J connectivity index is 1.83. The second-order valence-electron chi connectivity index (χ2n) is 5.92. The van der Waals surface area contributed by atoms with E-state index in [2.05, 4.69) is 45.4 Å². The Hall–Kier alpha value is -3.41. The first-order chi connectivity index (χ1) is 12.2. The zero-order valence-corrected chi connectivity index (χ0v) is 13.8. The van der Waals surface area contributed by atoms with Crippen LogP contribution in [0.25, 0.3) is 22.3 Å². The number of hydrogen-bond acceptors (Lipinski definition) is 5. The van der Waals surface area contributed by atoms with Crippen LogP contribution in [0.3, 0.4) is 0 Å². The average Bonchev–Trinajstić information content (AvgIpc) is 3.20. The molecule has 0 saturated carbocycles. The van der Waals surface area contributed by atoms with Gasteiger partial charge in [-0.1, -0.05) is 12.1 Å². The Bertz CT molecular complexity index is 1050. The van der Waals surface area contributed by atoms with Crippen LogP contribution in [-0.2, 0) is 6.42 Å². The highest BCUT2D eigenvalue weighted by Gasteiger charge is 2.14. The highest BCUT2D eigenvalue weighted by atomic mass is 15.0. The van der Waals surface area contributed by atoms with Gasteiger partial charge in [0.2, 0.25) is 0 Å². The van der Waals surface area contributed by atoms with Gasteiger partial charge in [-0.3, -0.25) is 9.39 Å². The van der Waals surface area contributed by atoms with Crippen molar-refractivity contribution in [2.24, 2.45) is 21.5 Å². The van der Waals surface area contributed by atoms with Gasteiger partial charge in [0.15, 0.2) is 0 Å². The number of allylic oxidation sites excluding steroid dienone is 1. The van der Waals surface area contributed by atoms with E-state index >= 15 is 0 Å². The SMILES string of the molecule is CN=C/C(=C\N)c1cnc2ccc(-c3ccc4c(c3)N=C(N)C4)cn12. The molecule has 0 saturated heterocycles. The van der Waals surface area contributed by atoms with Gasteiger partial charge in [0, 0.05) is 37.7 Å². The first kappa shape index (κ1) is 15.1. The molecule has 2 aromatic heterocycles. The molecule has 0 atom stereocenters. The van der Waals surface area contributed by atoms with E-state index in [9.17, 15) is 0 Å². The molecule has 0 bridgehead atoms. The Kier molecular flexibility index (Phi) is 3.57. The van der Waals surface area contributed by atoms with Crippen LogP contribution >= 0.6 is 0 Å². The van der Waals surface area contributed by atoms with Crippen LogP contribution in [0.1, 0.15) is 11.3 Å². The lowest BCUT2D eigenvalue weighted by Gasteiger charge is -2.07. The average molecular weight is 330 g/mol. The predicted octanol–water partition coefficient (Wildman–Crippen LogP) is 2.55. The lowest BCUT2D eigenvalue weighted by atomic mass is 10.0. The van der Waals surface area contributed by atoms with Crippen molar-refractivity contribution < 1.29 is 0 Å². The maximum absolute atomic E-state index is 5.84. The van der Waals surface area contributed by atoms with Crippen molar-refractivity contribution in [3.63, 3.8) is 0 Å². The van der Waals surface area contributed by atoms with Crippen molar-refractivity contribution in [3.8, 4) is 11.1 Å². The third-order valence-electron chi connectivity index (χ3n) is 4.30. The minimum atomic E-state index is 0.663. The second-order valence-corrected chi connectivity index (χ2v) is 5.92. The maximum atomic E-state index is 5.84. The van der Waals surface area contributed by atoms with E-state index in [4.69, 9.17) is 11.5 Å². The molecule has 0 fully saturated rings. The maximum Gasteiger partial charge on any atom is 0.137 e. The number of imidazole rings is 1. The van der Waals surface area contributed by atoms with Crippen molar-refractivity contribution in [1.82, 2.24) is 9.38 Å². The summed E-state index contributed by atoms with van der Waals surface area (Å²) in [6, 6.07) is 10.3. The number of amidine groups is 1. The van der Waals surface area contributed by atoms with Gasteiger partial charge in [-0.15, -0.1) is 0 Å². The number of nitrogens with zero attached hydrogens (tertiary/aromatic N) is 4. The summed E-state index contributed by atoms with van der Waals surface area (Å²) in [5.74, 6) is 0.663. The quantitative estimate of drug-likeness (QED) is 0.723. The number of fused-ring (bicyclic) bond motifs is 2. The number of aliphatic imine (C=N–C) groups is 2. The van der Waals surface area contributed by atoms with Crippen LogP contribution in [0.4, 0.5) is 5.69 Å². The Morgan fingerprint density at radius 2 is 2.08 bits per heavy atom. The van der Waals surface area contributed by atoms with Crippen LogP contribution in [0, 0.1) is 0 Å². The van der Waals surface area contributed by atoms with Crippen molar-refractivity contribution in [3.05, 3.63) is 60.2 Å². The summed E-state index contributed by atoms with van der Waals surface area (Å²) in [5.41, 5.74) is 18.4. The smallest absolute Gasteiger partial charge is 0.137 e. The zero-order valence-electron chi connectivity index (χ0n) is 13.8. The number of nitrogens with two attached hydrogens (primary N) is 2. The van der Waals surface area contributed by atoms with Gasteiger partial charge in [0.1, 0.15) is 11.5 Å². The number of pyridine rings is 1. The zero-order chi connectivity index (χ0) is 17.4. The Morgan fingerprint density at radius 1 is 1.24 bits per heavy atom. The topological polar surface area (TPSA) is 94.1 Å². The van der Waals surface area contributed by atoms with Crippen LogP contribution in [0.2, 0.25) is 0 Å². The van der Waals surface area contributed by atoms with Gasteiger partial charge < -0.3 is 11.5 Å². The van der Waals surface area contributed by atoms with Crippen molar-refractivity contribution in [2.45, 2.75) is 6.42 Å². The molecule has 4 N–H and O–H groups in total. The number of benzene rings is 1. The lowest BCUT2D eigenvalue weighted by molar-refractivity contribution is 1.16. The third-order valence-corrected chi connectivity index (χ3v) is 4.30. The largest absolute Gasteiger partial charge is 0.404 e. The van der Waals surface area contributed by atoms with Crippen LogP contribution in [0.5, 0.6) is 0 Å². The molecule has 0 aliphatic carbocycles. The van der Waals surface area contributed by atoms with E-state index in [1.165, 1.54) is 6.20 Å². The molecule has 3 aromatic rings. The minimum absolute atomic E-state index is 0.663. The van der Waals surface area contributed by atoms with Crippen LogP contribution in [-0.4, -0.2) is 28.5 Å². The molecule has 0 radical (unpaired) electrons. The molecule has 1 aliphatic rings. The summed E-state index contributed by atoms with van der Waals surface area (Å²) >= 11 is 0. The number of hydrogen-bond donors (Lipinski definition) is 2. The standard InChI is InChI=1S/C19H18N6/c1-22-9-15(8-20)17-10-23-19-5-4-14(11-25(17)19)12-2-3-13-7-18(21)24-16(13)6-12/h2-6,8-11H,7,20H2,1H3,(H2,21,24)/b15-8+,22-9?. The van der Waals surface area contributed by atoms with Gasteiger partial charge in [-0.2, -0.15) is 0 Å². The predicted molar refractivity (Wildman–Crippen MR) is 102 cm³/mol. The third kappa shape index (κ3) is 2.57. The molecular formula is C19H18N6. The molecule has 6 heteroatoms. The molecule has 1 aliphatic heterocycles. The summed E-state index contributed by atoms with van der Waals surface area (Å²) in [6.45, 7) is 0. The summed E-state index contributed by atoms with van der Waals surface area (Å²) < 4.78 is 2.01. The molecule has 4 rings (SSSR count). The van der Waals surface area contributed by atoms with Gasteiger partial charge in [-0.05, 0) is 34.9 Å². The van der Waals surface area contributed by atoms with Gasteiger partial charge >= 0.3 is 0 Å². The minimum Gasteiger partial charge on any atom is -0.404 e. The fourth-order valence-electron chi connectivity index (χ4n) is 3.08. The number of rotatable bonds is 3. The summed E-state index contributed by atoms with van der Waals surface area (Å²) in [6.07, 6.45) is 7.84. The molecule has 25 heavy (non-hydrogen) atoms. The monoisotopic (exact) mass is 330 g/mol. The highest BCUT2D eigenvalue weighted by Crippen LogP contribution is 2.31. The molecule has 0 unspecified atom stereocenters. The highest BCUT2D eigenvalue weighted by molar-refractivity contribution is 6.09. The van der Waals surface area contributed by atoms with E-state index < -0.39 is 0 Å². The number of aromatic nitrogens is 2. The molecule has 124 valence electrons. The lowest BCUT2D eigenvalue weighted by Crippen LogP contribution is -2.09. The Morgan fingerprint density at radius 3 is 2.88 bits per heavy atom. The van der Waals surface area contributed by atoms with E-state index in [1.807, 2.05) is 10.5 Å². The summed E-state index contributed by atoms with van der Waals surface area (Å²) in [5, 5.41) is 0. The molecule has 0 amide bonds. The van der Waals surface area contributed by atoms with Gasteiger partial charge in [-0.25, -0.2) is 9.98 Å². The first-order valence-corrected chi connectivity index (χ1v) is 7.97. The summed E-state index contributed by atoms with van der Waals surface area (Å²) in [4.78, 5) is 12.9. The van der Waals surface area contributed by atoms with Crippen molar-refractivity contribution in [1.29, 1.82) is 0 Å². The van der Waals surface area contributed by atoms with Crippen molar-refractivity contribution >= 4 is 29.0 Å². The normalized spacial score (nSPS) is 14.3. The first-order valence-electron chi connectivity index (χ1n) is 7.97.